The molecule has 0 spiro atoms. The van der Waals surface area contributed by atoms with Crippen LogP contribution in [0, 0.1) is 0 Å². The molecular weight excluding hydrogens is 250 g/mol. The van der Waals surface area contributed by atoms with Crippen molar-refractivity contribution in [3.8, 4) is 0 Å². The van der Waals surface area contributed by atoms with Crippen molar-refractivity contribution in [1.82, 2.24) is 4.90 Å². The van der Waals surface area contributed by atoms with E-state index in [2.05, 4.69) is 11.8 Å². The summed E-state index contributed by atoms with van der Waals surface area (Å²) < 4.78 is 15.4. The predicted molar refractivity (Wildman–Crippen MR) is 72.5 cm³/mol. The SMILES string of the molecule is CCOC(CCN(CCOC)C(C)COC)C(=O)O. The van der Waals surface area contributed by atoms with Crippen molar-refractivity contribution in [2.45, 2.75) is 32.4 Å². The molecule has 19 heavy (non-hydrogen) atoms. The number of nitrogens with zero attached hydrogens (tertiary/aromatic N) is 1. The first-order valence-corrected chi connectivity index (χ1v) is 6.63. The lowest BCUT2D eigenvalue weighted by Gasteiger charge is -2.29. The van der Waals surface area contributed by atoms with Crippen molar-refractivity contribution in [2.24, 2.45) is 0 Å². The highest BCUT2D eigenvalue weighted by atomic mass is 16.5. The van der Waals surface area contributed by atoms with Crippen LogP contribution in [0.15, 0.2) is 0 Å². The molecule has 114 valence electrons. The molecule has 0 aromatic carbocycles. The van der Waals surface area contributed by atoms with Crippen LogP contribution in [0.4, 0.5) is 0 Å². The zero-order chi connectivity index (χ0) is 14.7. The molecule has 1 N–H and O–H groups in total. The summed E-state index contributed by atoms with van der Waals surface area (Å²) in [6.07, 6.45) is -0.286. The highest BCUT2D eigenvalue weighted by molar-refractivity contribution is 5.72. The van der Waals surface area contributed by atoms with Gasteiger partial charge < -0.3 is 19.3 Å². The minimum Gasteiger partial charge on any atom is -0.479 e. The van der Waals surface area contributed by atoms with Gasteiger partial charge in [-0.2, -0.15) is 0 Å². The smallest absolute Gasteiger partial charge is 0.332 e. The van der Waals surface area contributed by atoms with E-state index in [1.54, 1.807) is 21.1 Å². The summed E-state index contributed by atoms with van der Waals surface area (Å²) in [5, 5.41) is 9.04. The lowest BCUT2D eigenvalue weighted by Crippen LogP contribution is -2.41. The maximum absolute atomic E-state index is 11.0. The van der Waals surface area contributed by atoms with Gasteiger partial charge in [-0.1, -0.05) is 0 Å². The van der Waals surface area contributed by atoms with Gasteiger partial charge in [-0.25, -0.2) is 4.79 Å². The summed E-state index contributed by atoms with van der Waals surface area (Å²) in [6, 6.07) is 0.219. The van der Waals surface area contributed by atoms with E-state index in [0.717, 1.165) is 6.54 Å². The molecule has 0 aromatic rings. The molecule has 0 bridgehead atoms. The third-order valence-corrected chi connectivity index (χ3v) is 2.94. The van der Waals surface area contributed by atoms with Gasteiger partial charge in [0, 0.05) is 40.0 Å². The predicted octanol–water partition coefficient (Wildman–Crippen LogP) is 0.850. The van der Waals surface area contributed by atoms with Gasteiger partial charge in [0.15, 0.2) is 6.10 Å². The molecular formula is C13H27NO5. The van der Waals surface area contributed by atoms with Gasteiger partial charge in [0.1, 0.15) is 0 Å². The number of carbonyl (C=O) groups is 1. The fourth-order valence-electron chi connectivity index (χ4n) is 1.87. The summed E-state index contributed by atoms with van der Waals surface area (Å²) in [6.45, 7) is 6.87. The van der Waals surface area contributed by atoms with Gasteiger partial charge in [-0.15, -0.1) is 0 Å². The Morgan fingerprint density at radius 2 is 1.95 bits per heavy atom. The number of ether oxygens (including phenoxy) is 3. The Bertz CT molecular complexity index is 237. The molecule has 0 fully saturated rings. The van der Waals surface area contributed by atoms with Crippen LogP contribution in [0.1, 0.15) is 20.3 Å². The quantitative estimate of drug-likeness (QED) is 0.570. The fraction of sp³-hybridized carbons (Fsp3) is 0.923. The van der Waals surface area contributed by atoms with Crippen molar-refractivity contribution in [2.75, 3.05) is 47.1 Å². The molecule has 2 atom stereocenters. The van der Waals surface area contributed by atoms with Crippen molar-refractivity contribution in [3.05, 3.63) is 0 Å². The van der Waals surface area contributed by atoms with E-state index in [1.807, 2.05) is 0 Å². The molecule has 0 saturated carbocycles. The minimum absolute atomic E-state index is 0.219. The van der Waals surface area contributed by atoms with E-state index in [1.165, 1.54) is 0 Å². The summed E-state index contributed by atoms with van der Waals surface area (Å²) in [7, 11) is 3.31. The summed E-state index contributed by atoms with van der Waals surface area (Å²) in [4.78, 5) is 13.2. The van der Waals surface area contributed by atoms with Crippen LogP contribution in [0.5, 0.6) is 0 Å². The lowest BCUT2D eigenvalue weighted by molar-refractivity contribution is -0.150. The molecule has 0 radical (unpaired) electrons. The highest BCUT2D eigenvalue weighted by Gasteiger charge is 2.20. The molecule has 0 aliphatic heterocycles. The first kappa shape index (κ1) is 18.3. The van der Waals surface area contributed by atoms with Crippen molar-refractivity contribution >= 4 is 5.97 Å². The Balaban J connectivity index is 4.32. The lowest BCUT2D eigenvalue weighted by atomic mass is 10.2. The molecule has 0 heterocycles. The van der Waals surface area contributed by atoms with Crippen molar-refractivity contribution in [3.63, 3.8) is 0 Å². The molecule has 0 aliphatic carbocycles. The average Bonchev–Trinajstić information content (AvgIpc) is 2.37. The highest BCUT2D eigenvalue weighted by Crippen LogP contribution is 2.06. The van der Waals surface area contributed by atoms with Gasteiger partial charge in [-0.05, 0) is 20.3 Å². The van der Waals surface area contributed by atoms with Crippen LogP contribution in [0.3, 0.4) is 0 Å². The third-order valence-electron chi connectivity index (χ3n) is 2.94. The van der Waals surface area contributed by atoms with E-state index in [-0.39, 0.29) is 6.04 Å². The summed E-state index contributed by atoms with van der Waals surface area (Å²) >= 11 is 0. The van der Waals surface area contributed by atoms with Gasteiger partial charge in [0.2, 0.25) is 0 Å². The van der Waals surface area contributed by atoms with E-state index >= 15 is 0 Å². The summed E-state index contributed by atoms with van der Waals surface area (Å²) in [5.74, 6) is -0.909. The zero-order valence-electron chi connectivity index (χ0n) is 12.4. The van der Waals surface area contributed by atoms with E-state index < -0.39 is 12.1 Å². The van der Waals surface area contributed by atoms with E-state index in [9.17, 15) is 4.79 Å². The van der Waals surface area contributed by atoms with Crippen molar-refractivity contribution in [1.29, 1.82) is 0 Å². The number of hydrogen-bond donors (Lipinski definition) is 1. The van der Waals surface area contributed by atoms with E-state index in [0.29, 0.717) is 32.8 Å². The number of carboxylic acids is 1. The molecule has 0 aromatic heterocycles. The monoisotopic (exact) mass is 277 g/mol. The third kappa shape index (κ3) is 8.15. The number of aliphatic carboxylic acids is 1. The van der Waals surface area contributed by atoms with E-state index in [4.69, 9.17) is 19.3 Å². The van der Waals surface area contributed by atoms with Gasteiger partial charge >= 0.3 is 5.97 Å². The molecule has 6 nitrogen and oxygen atoms in total. The normalized spacial score (nSPS) is 14.6. The van der Waals surface area contributed by atoms with Crippen LogP contribution < -0.4 is 0 Å². The first-order chi connectivity index (χ1) is 9.06. The maximum Gasteiger partial charge on any atom is 0.332 e. The Morgan fingerprint density at radius 3 is 2.42 bits per heavy atom. The van der Waals surface area contributed by atoms with Crippen LogP contribution in [0.2, 0.25) is 0 Å². The fourth-order valence-corrected chi connectivity index (χ4v) is 1.87. The van der Waals surface area contributed by atoms with Crippen LogP contribution >= 0.6 is 0 Å². The van der Waals surface area contributed by atoms with Crippen LogP contribution in [-0.4, -0.2) is 75.3 Å². The van der Waals surface area contributed by atoms with Gasteiger partial charge in [-0.3, -0.25) is 4.90 Å². The van der Waals surface area contributed by atoms with Crippen LogP contribution in [0.25, 0.3) is 0 Å². The minimum atomic E-state index is -0.909. The molecule has 6 heteroatoms. The Morgan fingerprint density at radius 1 is 1.26 bits per heavy atom. The Kier molecular flexibility index (Phi) is 10.8. The second-order valence-electron chi connectivity index (χ2n) is 4.40. The zero-order valence-corrected chi connectivity index (χ0v) is 12.4. The van der Waals surface area contributed by atoms with Gasteiger partial charge in [0.25, 0.3) is 0 Å². The number of hydrogen-bond acceptors (Lipinski definition) is 5. The largest absolute Gasteiger partial charge is 0.479 e. The maximum atomic E-state index is 11.0. The van der Waals surface area contributed by atoms with Crippen molar-refractivity contribution < 1.29 is 24.1 Å². The Labute approximate surface area is 115 Å². The number of carboxylic acid groups (broad SMARTS) is 1. The molecule has 0 rings (SSSR count). The first-order valence-electron chi connectivity index (χ1n) is 6.63. The molecule has 0 aliphatic rings. The standard InChI is InChI=1S/C13H27NO5/c1-5-19-12(13(15)16)6-7-14(8-9-17-3)11(2)10-18-4/h11-12H,5-10H2,1-4H3,(H,15,16). The molecule has 0 amide bonds. The number of rotatable bonds is 12. The molecule has 0 saturated heterocycles. The topological polar surface area (TPSA) is 68.2 Å². The second kappa shape index (κ2) is 11.2. The molecule has 2 unspecified atom stereocenters. The number of methoxy groups -OCH3 is 2. The average molecular weight is 277 g/mol. The van der Waals surface area contributed by atoms with Crippen LogP contribution in [-0.2, 0) is 19.0 Å². The Hall–Kier alpha value is -0.690. The summed E-state index contributed by atoms with van der Waals surface area (Å²) in [5.41, 5.74) is 0. The van der Waals surface area contributed by atoms with Gasteiger partial charge in [0.05, 0.1) is 13.2 Å². The second-order valence-corrected chi connectivity index (χ2v) is 4.40.